The van der Waals surface area contributed by atoms with Crippen LogP contribution in [0.5, 0.6) is 0 Å². The molecule has 132 valence electrons. The second-order valence-corrected chi connectivity index (χ2v) is 8.63. The molecule has 0 aliphatic heterocycles. The Bertz CT molecular complexity index is 916. The summed E-state index contributed by atoms with van der Waals surface area (Å²) in [6.45, 7) is 1.40. The lowest BCUT2D eigenvalue weighted by atomic mass is 9.95. The van der Waals surface area contributed by atoms with Crippen LogP contribution >= 0.6 is 22.9 Å². The van der Waals surface area contributed by atoms with E-state index in [4.69, 9.17) is 16.0 Å². The van der Waals surface area contributed by atoms with Gasteiger partial charge in [0.1, 0.15) is 5.60 Å². The molecular formula is C17H16ClNO4S2. The highest BCUT2D eigenvalue weighted by Gasteiger charge is 2.35. The summed E-state index contributed by atoms with van der Waals surface area (Å²) in [4.78, 5) is 0.695. The van der Waals surface area contributed by atoms with Gasteiger partial charge in [-0.1, -0.05) is 23.7 Å². The molecule has 0 aliphatic carbocycles. The first kappa shape index (κ1) is 18.2. The summed E-state index contributed by atoms with van der Waals surface area (Å²) in [5, 5.41) is 13.3. The van der Waals surface area contributed by atoms with E-state index in [1.54, 1.807) is 37.3 Å². The van der Waals surface area contributed by atoms with Crippen LogP contribution in [0.4, 0.5) is 0 Å². The van der Waals surface area contributed by atoms with Gasteiger partial charge in [-0.2, -0.15) is 0 Å². The van der Waals surface area contributed by atoms with E-state index < -0.39 is 15.6 Å². The second kappa shape index (κ2) is 6.93. The van der Waals surface area contributed by atoms with Gasteiger partial charge in [-0.15, -0.1) is 11.3 Å². The van der Waals surface area contributed by atoms with E-state index in [0.717, 1.165) is 0 Å². The number of halogens is 1. The van der Waals surface area contributed by atoms with E-state index in [-0.39, 0.29) is 11.4 Å². The Labute approximate surface area is 154 Å². The summed E-state index contributed by atoms with van der Waals surface area (Å²) in [6, 6.07) is 9.83. The van der Waals surface area contributed by atoms with Crippen molar-refractivity contribution in [3.05, 3.63) is 75.3 Å². The van der Waals surface area contributed by atoms with Crippen molar-refractivity contribution in [2.75, 3.05) is 6.54 Å². The molecule has 0 saturated carbocycles. The number of hydrogen-bond donors (Lipinski definition) is 2. The maximum absolute atomic E-state index is 12.7. The maximum atomic E-state index is 12.7. The molecule has 1 unspecified atom stereocenters. The Morgan fingerprint density at radius 1 is 1.28 bits per heavy atom. The van der Waals surface area contributed by atoms with Crippen LogP contribution in [0.2, 0.25) is 5.02 Å². The van der Waals surface area contributed by atoms with E-state index in [1.165, 1.54) is 29.9 Å². The lowest BCUT2D eigenvalue weighted by Crippen LogP contribution is -2.41. The van der Waals surface area contributed by atoms with Crippen LogP contribution in [-0.2, 0) is 15.6 Å². The molecule has 0 spiro atoms. The van der Waals surface area contributed by atoms with Gasteiger partial charge in [0, 0.05) is 22.0 Å². The standard InChI is InChI=1S/C17H16ClNO4S2/c1-12-14(18)4-2-5-15(12)25(21,22)19-11-17(20,13-7-8-23-10-13)16-6-3-9-24-16/h2-10,19-20H,11H2,1H3. The second-order valence-electron chi connectivity index (χ2n) is 5.54. The number of sulfonamides is 1. The molecule has 5 nitrogen and oxygen atoms in total. The highest BCUT2D eigenvalue weighted by molar-refractivity contribution is 7.89. The molecule has 0 saturated heterocycles. The average molecular weight is 398 g/mol. The molecule has 0 bridgehead atoms. The zero-order chi connectivity index (χ0) is 18.1. The fourth-order valence-corrected chi connectivity index (χ4v) is 4.90. The van der Waals surface area contributed by atoms with Crippen LogP contribution in [0.1, 0.15) is 16.0 Å². The number of aliphatic hydroxyl groups is 1. The third-order valence-electron chi connectivity index (χ3n) is 3.95. The minimum absolute atomic E-state index is 0.0840. The summed E-state index contributed by atoms with van der Waals surface area (Å²) < 4.78 is 32.9. The number of benzene rings is 1. The molecule has 0 amide bonds. The van der Waals surface area contributed by atoms with Crippen molar-refractivity contribution >= 4 is 33.0 Å². The van der Waals surface area contributed by atoms with Gasteiger partial charge in [0.05, 0.1) is 17.4 Å². The van der Waals surface area contributed by atoms with Crippen molar-refractivity contribution in [1.29, 1.82) is 0 Å². The minimum Gasteiger partial charge on any atom is -0.472 e. The average Bonchev–Trinajstić information content (AvgIpc) is 3.29. The smallest absolute Gasteiger partial charge is 0.241 e. The first-order valence-electron chi connectivity index (χ1n) is 7.38. The van der Waals surface area contributed by atoms with Crippen LogP contribution in [0.3, 0.4) is 0 Å². The fraction of sp³-hybridized carbons (Fsp3) is 0.176. The van der Waals surface area contributed by atoms with Crippen molar-refractivity contribution in [2.24, 2.45) is 0 Å². The van der Waals surface area contributed by atoms with Gasteiger partial charge in [0.2, 0.25) is 10.0 Å². The van der Waals surface area contributed by atoms with Gasteiger partial charge in [-0.3, -0.25) is 0 Å². The molecule has 8 heteroatoms. The zero-order valence-electron chi connectivity index (χ0n) is 13.3. The topological polar surface area (TPSA) is 79.5 Å². The van der Waals surface area contributed by atoms with Crippen LogP contribution < -0.4 is 4.72 Å². The highest BCUT2D eigenvalue weighted by Crippen LogP contribution is 2.33. The molecule has 0 fully saturated rings. The summed E-state index contributed by atoms with van der Waals surface area (Å²) in [7, 11) is -3.85. The van der Waals surface area contributed by atoms with Gasteiger partial charge in [0.25, 0.3) is 0 Å². The molecule has 25 heavy (non-hydrogen) atoms. The zero-order valence-corrected chi connectivity index (χ0v) is 15.7. The largest absolute Gasteiger partial charge is 0.472 e. The molecule has 2 aromatic heterocycles. The SMILES string of the molecule is Cc1c(Cl)cccc1S(=O)(=O)NCC(O)(c1ccoc1)c1cccs1. The molecule has 1 aromatic carbocycles. The number of thiophene rings is 1. The summed E-state index contributed by atoms with van der Waals surface area (Å²) in [5.41, 5.74) is -0.596. The molecular weight excluding hydrogens is 382 g/mol. The van der Waals surface area contributed by atoms with Crippen LogP contribution in [0.25, 0.3) is 0 Å². The van der Waals surface area contributed by atoms with Gasteiger partial charge >= 0.3 is 0 Å². The van der Waals surface area contributed by atoms with Gasteiger partial charge < -0.3 is 9.52 Å². The molecule has 0 aliphatic rings. The minimum atomic E-state index is -3.85. The first-order valence-corrected chi connectivity index (χ1v) is 10.1. The predicted octanol–water partition coefficient (Wildman–Crippen LogP) is 3.52. The van der Waals surface area contributed by atoms with Gasteiger partial charge in [-0.05, 0) is 42.1 Å². The lowest BCUT2D eigenvalue weighted by molar-refractivity contribution is 0.0892. The number of nitrogens with one attached hydrogen (secondary N) is 1. The van der Waals surface area contributed by atoms with Crippen molar-refractivity contribution < 1.29 is 17.9 Å². The van der Waals surface area contributed by atoms with E-state index in [2.05, 4.69) is 4.72 Å². The molecule has 1 atom stereocenters. The van der Waals surface area contributed by atoms with Crippen LogP contribution in [0.15, 0.2) is 63.6 Å². The lowest BCUT2D eigenvalue weighted by Gasteiger charge is -2.26. The van der Waals surface area contributed by atoms with E-state index >= 15 is 0 Å². The Kier molecular flexibility index (Phi) is 5.04. The van der Waals surface area contributed by atoms with Crippen molar-refractivity contribution in [3.8, 4) is 0 Å². The van der Waals surface area contributed by atoms with Crippen molar-refractivity contribution in [3.63, 3.8) is 0 Å². The van der Waals surface area contributed by atoms with Gasteiger partial charge in [-0.25, -0.2) is 13.1 Å². The number of furan rings is 1. The maximum Gasteiger partial charge on any atom is 0.241 e. The summed E-state index contributed by atoms with van der Waals surface area (Å²) >= 11 is 7.35. The Hall–Kier alpha value is -1.64. The molecule has 3 rings (SSSR count). The fourth-order valence-electron chi connectivity index (χ4n) is 2.50. The predicted molar refractivity (Wildman–Crippen MR) is 97.4 cm³/mol. The first-order chi connectivity index (χ1) is 11.8. The molecule has 0 radical (unpaired) electrons. The third-order valence-corrected chi connectivity index (χ3v) is 6.93. The van der Waals surface area contributed by atoms with Crippen molar-refractivity contribution in [2.45, 2.75) is 17.4 Å². The third kappa shape index (κ3) is 3.51. The van der Waals surface area contributed by atoms with Crippen LogP contribution in [-0.4, -0.2) is 20.1 Å². The van der Waals surface area contributed by atoms with Crippen molar-refractivity contribution in [1.82, 2.24) is 4.72 Å². The van der Waals surface area contributed by atoms with E-state index in [9.17, 15) is 13.5 Å². The van der Waals surface area contributed by atoms with Gasteiger partial charge in [0.15, 0.2) is 0 Å². The quantitative estimate of drug-likeness (QED) is 0.667. The summed E-state index contributed by atoms with van der Waals surface area (Å²) in [6.07, 6.45) is 2.84. The molecule has 2 N–H and O–H groups in total. The highest BCUT2D eigenvalue weighted by atomic mass is 35.5. The molecule has 2 heterocycles. The van der Waals surface area contributed by atoms with E-state index in [1.807, 2.05) is 5.38 Å². The Morgan fingerprint density at radius 3 is 2.72 bits per heavy atom. The molecule has 3 aromatic rings. The number of hydrogen-bond acceptors (Lipinski definition) is 5. The Balaban J connectivity index is 1.93. The normalized spacial score (nSPS) is 14.4. The summed E-state index contributed by atoms with van der Waals surface area (Å²) in [5.74, 6) is 0. The van der Waals surface area contributed by atoms with E-state index in [0.29, 0.717) is 21.0 Å². The Morgan fingerprint density at radius 2 is 2.08 bits per heavy atom. The van der Waals surface area contributed by atoms with Crippen LogP contribution in [0, 0.1) is 6.92 Å². The monoisotopic (exact) mass is 397 g/mol. The number of rotatable bonds is 6.